The van der Waals surface area contributed by atoms with Gasteiger partial charge in [-0.3, -0.25) is 14.7 Å². The lowest BCUT2D eigenvalue weighted by atomic mass is 9.95. The van der Waals surface area contributed by atoms with Crippen molar-refractivity contribution in [3.8, 4) is 16.9 Å². The molecule has 1 spiro atoms. The Kier molecular flexibility index (Phi) is 9.14. The Morgan fingerprint density at radius 3 is 2.36 bits per heavy atom. The fourth-order valence-corrected chi connectivity index (χ4v) is 5.69. The summed E-state index contributed by atoms with van der Waals surface area (Å²) >= 11 is 0. The van der Waals surface area contributed by atoms with E-state index in [-0.39, 0.29) is 11.9 Å². The number of esters is 1. The van der Waals surface area contributed by atoms with Crippen molar-refractivity contribution in [1.82, 2.24) is 4.90 Å². The number of carbonyl (C=O) groups excluding carboxylic acids is 2. The minimum Gasteiger partial charge on any atom is -0.476 e. The van der Waals surface area contributed by atoms with Gasteiger partial charge in [0.25, 0.3) is 5.91 Å². The van der Waals surface area contributed by atoms with Gasteiger partial charge in [0.15, 0.2) is 5.60 Å². The van der Waals surface area contributed by atoms with Gasteiger partial charge in [-0.25, -0.2) is 4.79 Å². The summed E-state index contributed by atoms with van der Waals surface area (Å²) in [7, 11) is 0. The topological polar surface area (TPSA) is 68.2 Å². The van der Waals surface area contributed by atoms with Crippen molar-refractivity contribution in [2.75, 3.05) is 6.61 Å². The zero-order valence-electron chi connectivity index (χ0n) is 24.3. The summed E-state index contributed by atoms with van der Waals surface area (Å²) in [6.07, 6.45) is 8.88. The molecule has 2 aliphatic rings. The fourth-order valence-electron chi connectivity index (χ4n) is 5.69. The number of amides is 1. The lowest BCUT2D eigenvalue weighted by molar-refractivity contribution is -0.158. The summed E-state index contributed by atoms with van der Waals surface area (Å²) < 4.78 is 11.3. The first-order chi connectivity index (χ1) is 18.7. The molecule has 0 unspecified atom stereocenters. The molecule has 1 saturated carbocycles. The minimum absolute atomic E-state index is 0.189. The molecular formula is C33H44N2O4. The summed E-state index contributed by atoms with van der Waals surface area (Å²) in [6.45, 7) is 10.5. The van der Waals surface area contributed by atoms with E-state index in [0.717, 1.165) is 80.3 Å². The van der Waals surface area contributed by atoms with Crippen molar-refractivity contribution < 1.29 is 19.1 Å². The average molecular weight is 533 g/mol. The Morgan fingerprint density at radius 2 is 1.72 bits per heavy atom. The second kappa shape index (κ2) is 12.4. The van der Waals surface area contributed by atoms with Crippen molar-refractivity contribution >= 4 is 17.7 Å². The van der Waals surface area contributed by atoms with Crippen molar-refractivity contribution in [1.29, 1.82) is 0 Å². The number of rotatable bonds is 12. The molecule has 0 atom stereocenters. The van der Waals surface area contributed by atoms with E-state index in [2.05, 4.69) is 44.2 Å². The van der Waals surface area contributed by atoms with Crippen LogP contribution in [0.2, 0.25) is 0 Å². The maximum atomic E-state index is 13.5. The standard InChI is InChI=1S/C33H44N2O4/c1-6-9-13-29-34-33(20-10-11-21-33)30(36)35(29)23-24-14-16-26(17-15-24)28-22-27(19-18-25(28)12-7-2)39-32(4,5)31(37)38-8-3/h14-19,22H,6-13,20-21,23H2,1-5H3. The number of nitrogens with zero attached hydrogens (tertiary/aromatic N) is 2. The van der Waals surface area contributed by atoms with E-state index in [1.165, 1.54) is 5.56 Å². The monoisotopic (exact) mass is 532 g/mol. The first kappa shape index (κ1) is 28.8. The number of benzene rings is 2. The maximum Gasteiger partial charge on any atom is 0.349 e. The predicted octanol–water partition coefficient (Wildman–Crippen LogP) is 7.27. The lowest BCUT2D eigenvalue weighted by Crippen LogP contribution is -2.40. The van der Waals surface area contributed by atoms with E-state index in [0.29, 0.717) is 18.9 Å². The average Bonchev–Trinajstić information content (AvgIpc) is 3.49. The van der Waals surface area contributed by atoms with Crippen LogP contribution >= 0.6 is 0 Å². The lowest BCUT2D eigenvalue weighted by Gasteiger charge is -2.25. The smallest absolute Gasteiger partial charge is 0.349 e. The van der Waals surface area contributed by atoms with Crippen LogP contribution in [0.15, 0.2) is 47.5 Å². The molecule has 0 saturated heterocycles. The third-order valence-corrected chi connectivity index (χ3v) is 7.83. The number of carbonyl (C=O) groups is 2. The molecule has 210 valence electrons. The molecule has 0 radical (unpaired) electrons. The SMILES string of the molecule is CCCCC1=NC2(CCCC2)C(=O)N1Cc1ccc(-c2cc(OC(C)(C)C(=O)OCC)ccc2CCC)cc1. The molecule has 2 aromatic carbocycles. The van der Waals surface area contributed by atoms with Gasteiger partial charge in [0.05, 0.1) is 13.2 Å². The van der Waals surface area contributed by atoms with Crippen molar-refractivity contribution in [3.05, 3.63) is 53.6 Å². The Balaban J connectivity index is 1.56. The first-order valence-corrected chi connectivity index (χ1v) is 14.7. The molecule has 6 nitrogen and oxygen atoms in total. The van der Waals surface area contributed by atoms with Gasteiger partial charge < -0.3 is 9.47 Å². The van der Waals surface area contributed by atoms with E-state index in [9.17, 15) is 9.59 Å². The molecular weight excluding hydrogens is 488 g/mol. The van der Waals surface area contributed by atoms with Crippen LogP contribution in [0.3, 0.4) is 0 Å². The van der Waals surface area contributed by atoms with Crippen LogP contribution in [-0.4, -0.2) is 40.4 Å². The van der Waals surface area contributed by atoms with Gasteiger partial charge in [-0.2, -0.15) is 0 Å². The quantitative estimate of drug-likeness (QED) is 0.270. The van der Waals surface area contributed by atoms with E-state index in [1.807, 2.05) is 17.0 Å². The van der Waals surface area contributed by atoms with E-state index in [4.69, 9.17) is 14.5 Å². The number of amidine groups is 1. The Hall–Kier alpha value is -3.15. The summed E-state index contributed by atoms with van der Waals surface area (Å²) in [5, 5.41) is 0. The van der Waals surface area contributed by atoms with Crippen LogP contribution < -0.4 is 4.74 Å². The molecule has 39 heavy (non-hydrogen) atoms. The number of aliphatic imine (C=N–C) groups is 1. The van der Waals surface area contributed by atoms with Gasteiger partial charge in [-0.1, -0.05) is 69.9 Å². The highest BCUT2D eigenvalue weighted by Gasteiger charge is 2.49. The zero-order valence-corrected chi connectivity index (χ0v) is 24.3. The zero-order chi connectivity index (χ0) is 28.0. The van der Waals surface area contributed by atoms with Crippen molar-refractivity contribution in [3.63, 3.8) is 0 Å². The molecule has 4 rings (SSSR count). The molecule has 2 aromatic rings. The number of hydrogen-bond donors (Lipinski definition) is 0. The van der Waals surface area contributed by atoms with Crippen LogP contribution in [-0.2, 0) is 27.3 Å². The van der Waals surface area contributed by atoms with Crippen LogP contribution in [0, 0.1) is 0 Å². The van der Waals surface area contributed by atoms with E-state index < -0.39 is 11.1 Å². The number of unbranched alkanes of at least 4 members (excludes halogenated alkanes) is 1. The van der Waals surface area contributed by atoms with Crippen LogP contribution in [0.1, 0.15) is 97.1 Å². The van der Waals surface area contributed by atoms with Gasteiger partial charge in [0, 0.05) is 6.42 Å². The van der Waals surface area contributed by atoms with Crippen molar-refractivity contribution in [2.24, 2.45) is 4.99 Å². The van der Waals surface area contributed by atoms with Gasteiger partial charge in [0.1, 0.15) is 17.1 Å². The van der Waals surface area contributed by atoms with Gasteiger partial charge in [-0.15, -0.1) is 0 Å². The molecule has 0 aromatic heterocycles. The second-order valence-corrected chi connectivity index (χ2v) is 11.4. The van der Waals surface area contributed by atoms with Gasteiger partial charge in [0.2, 0.25) is 0 Å². The van der Waals surface area contributed by atoms with Crippen LogP contribution in [0.5, 0.6) is 5.75 Å². The van der Waals surface area contributed by atoms with E-state index >= 15 is 0 Å². The maximum absolute atomic E-state index is 13.5. The highest BCUT2D eigenvalue weighted by Crippen LogP contribution is 2.40. The number of aryl methyl sites for hydroxylation is 1. The van der Waals surface area contributed by atoms with Gasteiger partial charge in [-0.05, 0) is 80.8 Å². The molecule has 0 bridgehead atoms. The predicted molar refractivity (Wildman–Crippen MR) is 156 cm³/mol. The molecule has 1 heterocycles. The highest BCUT2D eigenvalue weighted by molar-refractivity contribution is 6.08. The van der Waals surface area contributed by atoms with E-state index in [1.54, 1.807) is 20.8 Å². The van der Waals surface area contributed by atoms with Crippen molar-refractivity contribution in [2.45, 2.75) is 110 Å². The molecule has 0 N–H and O–H groups in total. The number of hydrogen-bond acceptors (Lipinski definition) is 5. The fraction of sp³-hybridized carbons (Fsp3) is 0.545. The Morgan fingerprint density at radius 1 is 1.00 bits per heavy atom. The summed E-state index contributed by atoms with van der Waals surface area (Å²) in [6, 6.07) is 14.5. The molecule has 1 amide bonds. The Bertz CT molecular complexity index is 1190. The minimum atomic E-state index is -1.08. The summed E-state index contributed by atoms with van der Waals surface area (Å²) in [5.41, 5.74) is 2.92. The summed E-state index contributed by atoms with van der Waals surface area (Å²) in [5.74, 6) is 1.40. The second-order valence-electron chi connectivity index (χ2n) is 11.4. The molecule has 6 heteroatoms. The molecule has 1 aliphatic heterocycles. The molecule has 1 aliphatic carbocycles. The normalized spacial score (nSPS) is 16.6. The highest BCUT2D eigenvalue weighted by atomic mass is 16.6. The summed E-state index contributed by atoms with van der Waals surface area (Å²) in [4.78, 5) is 32.9. The van der Waals surface area contributed by atoms with Crippen LogP contribution in [0.25, 0.3) is 11.1 Å². The third-order valence-electron chi connectivity index (χ3n) is 7.83. The molecule has 1 fully saturated rings. The third kappa shape index (κ3) is 6.37. The number of ether oxygens (including phenoxy) is 2. The van der Waals surface area contributed by atoms with Crippen LogP contribution in [0.4, 0.5) is 0 Å². The largest absolute Gasteiger partial charge is 0.476 e. The van der Waals surface area contributed by atoms with Gasteiger partial charge >= 0.3 is 5.97 Å². The first-order valence-electron chi connectivity index (χ1n) is 14.7. The Labute approximate surface area is 233 Å².